The van der Waals surface area contributed by atoms with Crippen LogP contribution in [0.1, 0.15) is 86.5 Å². The summed E-state index contributed by atoms with van der Waals surface area (Å²) in [6.45, 7) is 4.40. The molecule has 2 saturated heterocycles. The molecular formula is C47H48N8O6. The Balaban J connectivity index is 0.886. The molecule has 3 aliphatic heterocycles. The van der Waals surface area contributed by atoms with Crippen LogP contribution in [0, 0.1) is 5.92 Å². The van der Waals surface area contributed by atoms with Crippen LogP contribution in [0.25, 0.3) is 44.4 Å². The van der Waals surface area contributed by atoms with E-state index in [4.69, 9.17) is 19.4 Å². The lowest BCUT2D eigenvalue weighted by Gasteiger charge is -2.39. The summed E-state index contributed by atoms with van der Waals surface area (Å²) in [7, 11) is 2.58. The molecule has 14 heteroatoms. The standard InChI is InChI=1S/C47H48N8O6/c1-26(2)40(52-46(58)60-3)44(56)54-21-7-10-38(54)42-48-25-36(51-42)32-18-17-30-22-29(15-16-31(30)23-32)27-11-13-28(14-12-27)35-24-49-43(50-35)39-20-19-37-33-8-5-6-9-34(33)41(45(57)55(37)39)53-47(59)61-4/h5-6,8-9,11-18,22-26,37-41H,7,10,19-21H2,1-4H3,(H,48,51)(H,49,50)(H,52,58)(H,53,59)/t37-,38+,39+,40+,41+/m1/s1. The number of amides is 4. The average Bonchev–Trinajstić information content (AvgIpc) is 4.13. The molecule has 0 saturated carbocycles. The van der Waals surface area contributed by atoms with Crippen LogP contribution >= 0.6 is 0 Å². The summed E-state index contributed by atoms with van der Waals surface area (Å²) < 4.78 is 9.62. The molecule has 2 aromatic heterocycles. The number of hydrogen-bond acceptors (Lipinski definition) is 8. The van der Waals surface area contributed by atoms with E-state index >= 15 is 0 Å². The summed E-state index contributed by atoms with van der Waals surface area (Å²) in [5.74, 6) is 1.02. The predicted molar refractivity (Wildman–Crippen MR) is 229 cm³/mol. The van der Waals surface area contributed by atoms with Crippen molar-refractivity contribution in [1.82, 2.24) is 40.4 Å². The third-order valence-electron chi connectivity index (χ3n) is 12.4. The molecule has 14 nitrogen and oxygen atoms in total. The second-order valence-electron chi connectivity index (χ2n) is 16.3. The zero-order valence-corrected chi connectivity index (χ0v) is 34.5. The number of benzene rings is 4. The van der Waals surface area contributed by atoms with Crippen molar-refractivity contribution in [3.8, 4) is 33.6 Å². The maximum absolute atomic E-state index is 13.9. The highest BCUT2D eigenvalue weighted by Crippen LogP contribution is 2.49. The van der Waals surface area contributed by atoms with E-state index in [-0.39, 0.29) is 35.9 Å². The lowest BCUT2D eigenvalue weighted by Crippen LogP contribution is -2.51. The van der Waals surface area contributed by atoms with Gasteiger partial charge in [0.2, 0.25) is 5.91 Å². The number of H-pyrrole nitrogens is 2. The van der Waals surface area contributed by atoms with Gasteiger partial charge in [-0.15, -0.1) is 0 Å². The van der Waals surface area contributed by atoms with Crippen molar-refractivity contribution in [2.24, 2.45) is 5.92 Å². The number of carbonyl (C=O) groups is 4. The fourth-order valence-electron chi connectivity index (χ4n) is 9.30. The molecule has 61 heavy (non-hydrogen) atoms. The Labute approximate surface area is 353 Å². The molecule has 4 aromatic carbocycles. The predicted octanol–water partition coefficient (Wildman–Crippen LogP) is 8.15. The van der Waals surface area contributed by atoms with E-state index in [0.29, 0.717) is 12.4 Å². The number of hydrogen-bond donors (Lipinski definition) is 4. The first-order chi connectivity index (χ1) is 29.6. The van der Waals surface area contributed by atoms with Gasteiger partial charge >= 0.3 is 12.2 Å². The topological polar surface area (TPSA) is 175 Å². The van der Waals surface area contributed by atoms with Gasteiger partial charge in [0.1, 0.15) is 23.7 Å². The van der Waals surface area contributed by atoms with Gasteiger partial charge in [-0.2, -0.15) is 0 Å². The van der Waals surface area contributed by atoms with Crippen molar-refractivity contribution in [3.63, 3.8) is 0 Å². The Morgan fingerprint density at radius 3 is 1.98 bits per heavy atom. The first-order valence-corrected chi connectivity index (χ1v) is 20.8. The second kappa shape index (κ2) is 16.2. The summed E-state index contributed by atoms with van der Waals surface area (Å²) in [5, 5.41) is 7.63. The molecule has 0 unspecified atom stereocenters. The van der Waals surface area contributed by atoms with Crippen molar-refractivity contribution >= 4 is 34.8 Å². The smallest absolute Gasteiger partial charge is 0.407 e. The number of aromatic amines is 2. The van der Waals surface area contributed by atoms with Gasteiger partial charge in [0, 0.05) is 12.1 Å². The molecule has 312 valence electrons. The maximum Gasteiger partial charge on any atom is 0.407 e. The molecule has 5 heterocycles. The lowest BCUT2D eigenvalue weighted by atomic mass is 9.89. The highest BCUT2D eigenvalue weighted by atomic mass is 16.5. The van der Waals surface area contributed by atoms with Gasteiger partial charge in [-0.05, 0) is 82.3 Å². The van der Waals surface area contributed by atoms with Gasteiger partial charge in [0.05, 0.1) is 56.1 Å². The molecule has 0 radical (unpaired) electrons. The summed E-state index contributed by atoms with van der Waals surface area (Å²) in [6, 6.07) is 26.8. The van der Waals surface area contributed by atoms with E-state index in [1.165, 1.54) is 14.2 Å². The molecule has 0 aliphatic carbocycles. The van der Waals surface area contributed by atoms with Crippen LogP contribution in [-0.2, 0) is 19.1 Å². The number of likely N-dealkylation sites (tertiary alicyclic amines) is 1. The monoisotopic (exact) mass is 820 g/mol. The van der Waals surface area contributed by atoms with Crippen LogP contribution in [0.3, 0.4) is 0 Å². The van der Waals surface area contributed by atoms with Gasteiger partial charge < -0.3 is 39.9 Å². The van der Waals surface area contributed by atoms with Gasteiger partial charge in [0.25, 0.3) is 5.91 Å². The molecule has 3 aliphatic rings. The van der Waals surface area contributed by atoms with Crippen LogP contribution < -0.4 is 10.6 Å². The fraction of sp³-hybridized carbons (Fsp3) is 0.319. The van der Waals surface area contributed by atoms with Gasteiger partial charge in [0.15, 0.2) is 0 Å². The second-order valence-corrected chi connectivity index (χ2v) is 16.3. The number of carbonyl (C=O) groups excluding carboxylic acids is 4. The van der Waals surface area contributed by atoms with Gasteiger partial charge in [-0.1, -0.05) is 86.6 Å². The number of methoxy groups -OCH3 is 2. The third-order valence-corrected chi connectivity index (χ3v) is 12.4. The SMILES string of the molecule is COC(=O)N[C@@H]1C(=O)N2[C@H](CC[C@H]2c2ncc(-c3ccc(-c4ccc5cc(-c6cnc([C@@H]7CCCN7C(=O)[C@@H](NC(=O)OC)C(C)C)[nH]6)ccc5c4)cc3)[nH]2)c2ccccc21. The first kappa shape index (κ1) is 39.5. The van der Waals surface area contributed by atoms with E-state index in [9.17, 15) is 19.2 Å². The maximum atomic E-state index is 13.9. The van der Waals surface area contributed by atoms with E-state index in [1.807, 2.05) is 60.3 Å². The minimum Gasteiger partial charge on any atom is -0.453 e. The molecule has 9 rings (SSSR count). The quantitative estimate of drug-likeness (QED) is 0.113. The molecule has 4 amide bonds. The van der Waals surface area contributed by atoms with E-state index in [2.05, 4.69) is 81.3 Å². The Hall–Kier alpha value is -6.96. The molecule has 2 fully saturated rings. The summed E-state index contributed by atoms with van der Waals surface area (Å²) in [6.07, 6.45) is 5.53. The Morgan fingerprint density at radius 1 is 0.705 bits per heavy atom. The number of aromatic nitrogens is 4. The number of imidazole rings is 2. The van der Waals surface area contributed by atoms with Gasteiger partial charge in [-0.25, -0.2) is 19.6 Å². The van der Waals surface area contributed by atoms with Crippen molar-refractivity contribution in [2.45, 2.75) is 69.7 Å². The number of nitrogens with one attached hydrogen (secondary N) is 4. The molecule has 5 atom stereocenters. The number of ether oxygens (including phenoxy) is 2. The molecule has 0 bridgehead atoms. The highest BCUT2D eigenvalue weighted by molar-refractivity contribution is 5.92. The summed E-state index contributed by atoms with van der Waals surface area (Å²) in [4.78, 5) is 71.9. The van der Waals surface area contributed by atoms with Crippen LogP contribution in [0.2, 0.25) is 0 Å². The lowest BCUT2D eigenvalue weighted by molar-refractivity contribution is -0.138. The Bertz CT molecular complexity index is 2630. The fourth-order valence-corrected chi connectivity index (χ4v) is 9.30. The summed E-state index contributed by atoms with van der Waals surface area (Å²) in [5.41, 5.74) is 7.69. The van der Waals surface area contributed by atoms with Crippen molar-refractivity contribution < 1.29 is 28.7 Å². The minimum atomic E-state index is -0.833. The zero-order chi connectivity index (χ0) is 42.4. The largest absolute Gasteiger partial charge is 0.453 e. The van der Waals surface area contributed by atoms with Crippen molar-refractivity contribution in [3.05, 3.63) is 120 Å². The van der Waals surface area contributed by atoms with Crippen molar-refractivity contribution in [1.29, 1.82) is 0 Å². The van der Waals surface area contributed by atoms with Crippen LogP contribution in [0.5, 0.6) is 0 Å². The van der Waals surface area contributed by atoms with Crippen LogP contribution in [0.15, 0.2) is 97.3 Å². The number of rotatable bonds is 9. The highest BCUT2D eigenvalue weighted by Gasteiger charge is 2.48. The van der Waals surface area contributed by atoms with Crippen LogP contribution in [-0.4, -0.2) is 80.5 Å². The normalized spacial score (nSPS) is 20.0. The Morgan fingerprint density at radius 2 is 1.30 bits per heavy atom. The van der Waals surface area contributed by atoms with Crippen LogP contribution in [0.4, 0.5) is 9.59 Å². The third kappa shape index (κ3) is 7.36. The molecule has 4 N–H and O–H groups in total. The number of nitrogens with zero attached hydrogens (tertiary/aromatic N) is 4. The summed E-state index contributed by atoms with van der Waals surface area (Å²) >= 11 is 0. The number of fused-ring (bicyclic) bond motifs is 4. The van der Waals surface area contributed by atoms with Crippen molar-refractivity contribution in [2.75, 3.05) is 20.8 Å². The van der Waals surface area contributed by atoms with E-state index < -0.39 is 24.3 Å². The molecule has 6 aromatic rings. The number of alkyl carbamates (subject to hydrolysis) is 2. The van der Waals surface area contributed by atoms with E-state index in [0.717, 1.165) is 87.0 Å². The molecular weight excluding hydrogens is 773 g/mol. The first-order valence-electron chi connectivity index (χ1n) is 20.8. The van der Waals surface area contributed by atoms with E-state index in [1.54, 1.807) is 0 Å². The zero-order valence-electron chi connectivity index (χ0n) is 34.5. The minimum absolute atomic E-state index is 0.0985. The average molecular weight is 821 g/mol. The Kier molecular flexibility index (Phi) is 10.5. The van der Waals surface area contributed by atoms with Gasteiger partial charge in [-0.3, -0.25) is 9.59 Å². The molecule has 0 spiro atoms.